The van der Waals surface area contributed by atoms with Crippen molar-refractivity contribution in [2.75, 3.05) is 6.54 Å². The predicted octanol–water partition coefficient (Wildman–Crippen LogP) is 3.19. The van der Waals surface area contributed by atoms with Crippen LogP contribution in [0.5, 0.6) is 0 Å². The molecule has 2 N–H and O–H groups in total. The van der Waals surface area contributed by atoms with Gasteiger partial charge in [0, 0.05) is 11.1 Å². The van der Waals surface area contributed by atoms with Gasteiger partial charge in [-0.05, 0) is 42.9 Å². The Hall–Kier alpha value is -2.08. The topological polar surface area (TPSA) is 78.5 Å². The van der Waals surface area contributed by atoms with E-state index in [1.165, 1.54) is 6.42 Å². The molecule has 3 rings (SSSR count). The third-order valence-corrected chi connectivity index (χ3v) is 6.05. The first-order valence-electron chi connectivity index (χ1n) is 9.57. The van der Waals surface area contributed by atoms with E-state index in [4.69, 9.17) is 11.6 Å². The molecule has 4 amide bonds. The second-order valence-electron chi connectivity index (χ2n) is 7.52. The van der Waals surface area contributed by atoms with Crippen molar-refractivity contribution >= 4 is 29.4 Å². The van der Waals surface area contributed by atoms with Crippen LogP contribution in [0.15, 0.2) is 24.3 Å². The predicted molar refractivity (Wildman–Crippen MR) is 103 cm³/mol. The van der Waals surface area contributed by atoms with Crippen LogP contribution < -0.4 is 10.6 Å². The maximum absolute atomic E-state index is 13.1. The van der Waals surface area contributed by atoms with Crippen LogP contribution in [-0.2, 0) is 15.1 Å². The lowest BCUT2D eigenvalue weighted by atomic mass is 9.86. The van der Waals surface area contributed by atoms with Crippen molar-refractivity contribution in [1.82, 2.24) is 15.5 Å². The number of hydrogen-bond donors (Lipinski definition) is 2. The summed E-state index contributed by atoms with van der Waals surface area (Å²) in [5, 5.41) is 6.34. The molecule has 0 spiro atoms. The molecular formula is C20H26ClN3O3. The standard InChI is InChI=1S/C20H26ClN3O3/c1-3-20(14-8-10-15(21)11-9-14)18(26)24(19(27)23-20)12-17(25)22-16-7-5-4-6-13(16)2/h8-11,13,16H,3-7,12H2,1-2H3,(H,22,25)(H,23,27)/t13-,16+,20-/m0/s1. The molecular weight excluding hydrogens is 366 g/mol. The molecule has 1 saturated carbocycles. The Balaban J connectivity index is 1.73. The first-order chi connectivity index (χ1) is 12.9. The molecule has 1 heterocycles. The number of nitrogens with one attached hydrogen (secondary N) is 2. The van der Waals surface area contributed by atoms with Gasteiger partial charge in [0.05, 0.1) is 0 Å². The molecule has 0 bridgehead atoms. The Bertz CT molecular complexity index is 736. The summed E-state index contributed by atoms with van der Waals surface area (Å²) < 4.78 is 0. The van der Waals surface area contributed by atoms with Crippen molar-refractivity contribution < 1.29 is 14.4 Å². The van der Waals surface area contributed by atoms with Crippen LogP contribution in [0.1, 0.15) is 51.5 Å². The number of hydrogen-bond acceptors (Lipinski definition) is 3. The van der Waals surface area contributed by atoms with E-state index in [2.05, 4.69) is 17.6 Å². The normalized spacial score (nSPS) is 28.2. The molecule has 3 atom stereocenters. The average molecular weight is 392 g/mol. The minimum atomic E-state index is -1.15. The number of nitrogens with zero attached hydrogens (tertiary/aromatic N) is 1. The third-order valence-electron chi connectivity index (χ3n) is 5.80. The fourth-order valence-corrected chi connectivity index (χ4v) is 4.20. The van der Waals surface area contributed by atoms with Gasteiger partial charge in [-0.1, -0.05) is 50.4 Å². The molecule has 2 fully saturated rings. The van der Waals surface area contributed by atoms with Gasteiger partial charge in [-0.15, -0.1) is 0 Å². The van der Waals surface area contributed by atoms with E-state index in [1.54, 1.807) is 24.3 Å². The fourth-order valence-electron chi connectivity index (χ4n) is 4.07. The maximum atomic E-state index is 13.1. The minimum absolute atomic E-state index is 0.110. The van der Waals surface area contributed by atoms with Crippen LogP contribution in [-0.4, -0.2) is 35.3 Å². The van der Waals surface area contributed by atoms with Gasteiger partial charge in [-0.2, -0.15) is 0 Å². The van der Waals surface area contributed by atoms with E-state index >= 15 is 0 Å². The molecule has 0 radical (unpaired) electrons. The van der Waals surface area contributed by atoms with E-state index in [0.717, 1.165) is 24.2 Å². The smallest absolute Gasteiger partial charge is 0.325 e. The van der Waals surface area contributed by atoms with Crippen LogP contribution in [0.25, 0.3) is 0 Å². The molecule has 1 aliphatic carbocycles. The summed E-state index contributed by atoms with van der Waals surface area (Å²) in [6.07, 6.45) is 4.69. The summed E-state index contributed by atoms with van der Waals surface area (Å²) in [5.41, 5.74) is -0.489. The van der Waals surface area contributed by atoms with Crippen molar-refractivity contribution in [3.8, 4) is 0 Å². The van der Waals surface area contributed by atoms with Crippen molar-refractivity contribution in [2.24, 2.45) is 5.92 Å². The number of carbonyl (C=O) groups excluding carboxylic acids is 3. The summed E-state index contributed by atoms with van der Waals surface area (Å²) in [6, 6.07) is 6.42. The van der Waals surface area contributed by atoms with Crippen LogP contribution in [0.3, 0.4) is 0 Å². The first-order valence-corrected chi connectivity index (χ1v) is 9.94. The van der Waals surface area contributed by atoms with Gasteiger partial charge in [-0.3, -0.25) is 14.5 Å². The Kier molecular flexibility index (Phi) is 5.75. The number of amides is 4. The number of carbonyl (C=O) groups is 3. The van der Waals surface area contributed by atoms with E-state index in [1.807, 2.05) is 6.92 Å². The van der Waals surface area contributed by atoms with E-state index in [-0.39, 0.29) is 18.5 Å². The minimum Gasteiger partial charge on any atom is -0.352 e. The van der Waals surface area contributed by atoms with E-state index in [9.17, 15) is 14.4 Å². The second-order valence-corrected chi connectivity index (χ2v) is 7.96. The molecule has 1 aromatic rings. The SMILES string of the molecule is CC[C@@]1(c2ccc(Cl)cc2)NC(=O)N(CC(=O)N[C@@H]2CCCC[C@@H]2C)C1=O. The highest BCUT2D eigenvalue weighted by Crippen LogP contribution is 2.33. The van der Waals surface area contributed by atoms with Gasteiger partial charge in [0.15, 0.2) is 0 Å². The Labute approximate surface area is 164 Å². The fraction of sp³-hybridized carbons (Fsp3) is 0.550. The molecule has 1 aliphatic heterocycles. The molecule has 146 valence electrons. The summed E-state index contributed by atoms with van der Waals surface area (Å²) in [7, 11) is 0. The molecule has 27 heavy (non-hydrogen) atoms. The maximum Gasteiger partial charge on any atom is 0.325 e. The number of benzene rings is 1. The van der Waals surface area contributed by atoms with Gasteiger partial charge < -0.3 is 10.6 Å². The number of halogens is 1. The highest BCUT2D eigenvalue weighted by atomic mass is 35.5. The lowest BCUT2D eigenvalue weighted by Gasteiger charge is -2.30. The molecule has 7 heteroatoms. The molecule has 0 unspecified atom stereocenters. The summed E-state index contributed by atoms with van der Waals surface area (Å²) in [4.78, 5) is 39.1. The lowest BCUT2D eigenvalue weighted by molar-refractivity contribution is -0.135. The largest absolute Gasteiger partial charge is 0.352 e. The zero-order chi connectivity index (χ0) is 19.6. The van der Waals surface area contributed by atoms with Gasteiger partial charge >= 0.3 is 6.03 Å². The summed E-state index contributed by atoms with van der Waals surface area (Å²) in [5.74, 6) is -0.279. The summed E-state index contributed by atoms with van der Waals surface area (Å²) >= 11 is 5.94. The average Bonchev–Trinajstić information content (AvgIpc) is 2.89. The van der Waals surface area contributed by atoms with E-state index < -0.39 is 17.5 Å². The Morgan fingerprint density at radius 3 is 2.56 bits per heavy atom. The van der Waals surface area contributed by atoms with E-state index in [0.29, 0.717) is 22.9 Å². The monoisotopic (exact) mass is 391 g/mol. The van der Waals surface area contributed by atoms with Crippen molar-refractivity contribution in [1.29, 1.82) is 0 Å². The first kappa shape index (κ1) is 19.7. The van der Waals surface area contributed by atoms with Crippen LogP contribution in [0, 0.1) is 5.92 Å². The van der Waals surface area contributed by atoms with Gasteiger partial charge in [-0.25, -0.2) is 4.79 Å². The zero-order valence-corrected chi connectivity index (χ0v) is 16.5. The zero-order valence-electron chi connectivity index (χ0n) is 15.8. The van der Waals surface area contributed by atoms with Gasteiger partial charge in [0.25, 0.3) is 5.91 Å². The van der Waals surface area contributed by atoms with Crippen LogP contribution in [0.2, 0.25) is 5.02 Å². The lowest BCUT2D eigenvalue weighted by Crippen LogP contribution is -2.48. The molecule has 0 aromatic heterocycles. The second kappa shape index (κ2) is 7.89. The highest BCUT2D eigenvalue weighted by Gasteiger charge is 2.51. The summed E-state index contributed by atoms with van der Waals surface area (Å²) in [6.45, 7) is 3.70. The third kappa shape index (κ3) is 3.81. The Morgan fingerprint density at radius 2 is 1.93 bits per heavy atom. The van der Waals surface area contributed by atoms with Crippen molar-refractivity contribution in [3.63, 3.8) is 0 Å². The number of rotatable bonds is 5. The Morgan fingerprint density at radius 1 is 1.26 bits per heavy atom. The quantitative estimate of drug-likeness (QED) is 0.756. The van der Waals surface area contributed by atoms with Crippen molar-refractivity contribution in [2.45, 2.75) is 57.5 Å². The van der Waals surface area contributed by atoms with Crippen molar-refractivity contribution in [3.05, 3.63) is 34.9 Å². The molecule has 6 nitrogen and oxygen atoms in total. The molecule has 1 aromatic carbocycles. The van der Waals surface area contributed by atoms with Crippen LogP contribution >= 0.6 is 11.6 Å². The molecule has 2 aliphatic rings. The molecule has 1 saturated heterocycles. The van der Waals surface area contributed by atoms with Gasteiger partial charge in [0.2, 0.25) is 5.91 Å². The highest BCUT2D eigenvalue weighted by molar-refractivity contribution is 6.30. The number of urea groups is 1. The van der Waals surface area contributed by atoms with Gasteiger partial charge in [0.1, 0.15) is 12.1 Å². The number of imide groups is 1. The van der Waals surface area contributed by atoms with Crippen LogP contribution in [0.4, 0.5) is 4.79 Å².